The van der Waals surface area contributed by atoms with Crippen molar-refractivity contribution in [2.75, 3.05) is 58.3 Å². The number of hydrogen-bond donors (Lipinski definition) is 0. The highest BCUT2D eigenvalue weighted by Gasteiger charge is 2.33. The Bertz CT molecular complexity index is 1320. The minimum atomic E-state index is -3.89. The second-order valence-corrected chi connectivity index (χ2v) is 12.9. The Labute approximate surface area is 205 Å². The van der Waals surface area contributed by atoms with Crippen molar-refractivity contribution in [3.8, 4) is 0 Å². The SMILES string of the molecule is CN(C)S(=O)(=O)c1ccc(N2CCCC2)c(C(=O)N2CCN(S(=O)(=O)c3cccc(F)c3)CC2)c1. The van der Waals surface area contributed by atoms with Crippen molar-refractivity contribution < 1.29 is 26.0 Å². The average Bonchev–Trinajstić information content (AvgIpc) is 3.38. The summed E-state index contributed by atoms with van der Waals surface area (Å²) in [6.07, 6.45) is 1.98. The van der Waals surface area contributed by atoms with E-state index in [1.807, 2.05) is 0 Å². The number of amides is 1. The molecule has 2 aromatic carbocycles. The molecule has 35 heavy (non-hydrogen) atoms. The van der Waals surface area contributed by atoms with Gasteiger partial charge in [-0.05, 0) is 49.2 Å². The second-order valence-electron chi connectivity index (χ2n) is 8.81. The first-order valence-corrected chi connectivity index (χ1v) is 14.3. The summed E-state index contributed by atoms with van der Waals surface area (Å²) in [5.41, 5.74) is 0.969. The van der Waals surface area contributed by atoms with Gasteiger partial charge in [-0.1, -0.05) is 6.07 Å². The zero-order valence-electron chi connectivity index (χ0n) is 19.7. The predicted octanol–water partition coefficient (Wildman–Crippen LogP) is 1.82. The molecule has 0 aliphatic carbocycles. The summed E-state index contributed by atoms with van der Waals surface area (Å²) in [6.45, 7) is 1.94. The quantitative estimate of drug-likeness (QED) is 0.572. The lowest BCUT2D eigenvalue weighted by Gasteiger charge is -2.35. The van der Waals surface area contributed by atoms with E-state index in [-0.39, 0.29) is 47.4 Å². The lowest BCUT2D eigenvalue weighted by Crippen LogP contribution is -2.50. The van der Waals surface area contributed by atoms with E-state index >= 15 is 0 Å². The fraction of sp³-hybridized carbons (Fsp3) is 0.435. The number of benzene rings is 2. The molecule has 2 aliphatic heterocycles. The van der Waals surface area contributed by atoms with Gasteiger partial charge >= 0.3 is 0 Å². The Balaban J connectivity index is 1.58. The lowest BCUT2D eigenvalue weighted by atomic mass is 10.1. The zero-order chi connectivity index (χ0) is 25.4. The maximum atomic E-state index is 13.6. The topological polar surface area (TPSA) is 98.3 Å². The Morgan fingerprint density at radius 2 is 1.51 bits per heavy atom. The van der Waals surface area contributed by atoms with Gasteiger partial charge in [-0.15, -0.1) is 0 Å². The average molecular weight is 525 g/mol. The van der Waals surface area contributed by atoms with Crippen LogP contribution in [0.2, 0.25) is 0 Å². The highest BCUT2D eigenvalue weighted by Crippen LogP contribution is 2.30. The summed E-state index contributed by atoms with van der Waals surface area (Å²) in [6, 6.07) is 9.46. The monoisotopic (exact) mass is 524 g/mol. The fourth-order valence-corrected chi connectivity index (χ4v) is 6.75. The number of piperazine rings is 1. The third kappa shape index (κ3) is 5.06. The second kappa shape index (κ2) is 9.84. The van der Waals surface area contributed by atoms with Crippen LogP contribution in [-0.4, -0.2) is 89.6 Å². The van der Waals surface area contributed by atoms with E-state index in [1.165, 1.54) is 48.7 Å². The molecule has 0 unspecified atom stereocenters. The fourth-order valence-electron chi connectivity index (χ4n) is 4.37. The van der Waals surface area contributed by atoms with E-state index in [4.69, 9.17) is 0 Å². The van der Waals surface area contributed by atoms with Crippen LogP contribution in [0.25, 0.3) is 0 Å². The molecule has 0 atom stereocenters. The van der Waals surface area contributed by atoms with Gasteiger partial charge in [0.05, 0.1) is 15.4 Å². The van der Waals surface area contributed by atoms with Gasteiger partial charge in [-0.3, -0.25) is 4.79 Å². The van der Waals surface area contributed by atoms with E-state index in [0.717, 1.165) is 36.3 Å². The van der Waals surface area contributed by atoms with Crippen LogP contribution in [-0.2, 0) is 20.0 Å². The van der Waals surface area contributed by atoms with Gasteiger partial charge in [0.25, 0.3) is 5.91 Å². The summed E-state index contributed by atoms with van der Waals surface area (Å²) in [5, 5.41) is 0. The van der Waals surface area contributed by atoms with E-state index in [0.29, 0.717) is 5.69 Å². The van der Waals surface area contributed by atoms with Crippen molar-refractivity contribution in [1.29, 1.82) is 0 Å². The van der Waals surface area contributed by atoms with Gasteiger partial charge in [0.2, 0.25) is 20.0 Å². The van der Waals surface area contributed by atoms with Crippen LogP contribution in [0, 0.1) is 5.82 Å². The molecule has 0 saturated carbocycles. The van der Waals surface area contributed by atoms with Gasteiger partial charge in [0, 0.05) is 59.1 Å². The van der Waals surface area contributed by atoms with Crippen molar-refractivity contribution in [1.82, 2.24) is 13.5 Å². The molecular weight excluding hydrogens is 495 g/mol. The van der Waals surface area contributed by atoms with Crippen LogP contribution in [0.3, 0.4) is 0 Å². The molecule has 190 valence electrons. The van der Waals surface area contributed by atoms with Gasteiger partial charge in [0.15, 0.2) is 0 Å². The summed E-state index contributed by atoms with van der Waals surface area (Å²) < 4.78 is 67.2. The largest absolute Gasteiger partial charge is 0.371 e. The lowest BCUT2D eigenvalue weighted by molar-refractivity contribution is 0.0698. The molecule has 2 fully saturated rings. The minimum absolute atomic E-state index is 0.0288. The number of rotatable bonds is 6. The molecule has 12 heteroatoms. The molecule has 2 saturated heterocycles. The number of carbonyl (C=O) groups is 1. The third-order valence-electron chi connectivity index (χ3n) is 6.38. The molecule has 2 heterocycles. The van der Waals surface area contributed by atoms with Crippen LogP contribution in [0.15, 0.2) is 52.3 Å². The Morgan fingerprint density at radius 1 is 0.857 bits per heavy atom. The Kier molecular flexibility index (Phi) is 7.18. The molecule has 0 N–H and O–H groups in total. The number of anilines is 1. The number of halogens is 1. The molecule has 0 radical (unpaired) electrons. The summed E-state index contributed by atoms with van der Waals surface area (Å²) in [7, 11) is -4.77. The molecule has 2 aliphatic rings. The molecule has 0 bridgehead atoms. The number of hydrogen-bond acceptors (Lipinski definition) is 6. The predicted molar refractivity (Wildman–Crippen MR) is 130 cm³/mol. The summed E-state index contributed by atoms with van der Waals surface area (Å²) in [4.78, 5) is 17.1. The van der Waals surface area contributed by atoms with Crippen molar-refractivity contribution in [3.63, 3.8) is 0 Å². The molecule has 0 spiro atoms. The number of carbonyl (C=O) groups excluding carboxylic acids is 1. The van der Waals surface area contributed by atoms with Gasteiger partial charge in [-0.25, -0.2) is 25.5 Å². The summed E-state index contributed by atoms with van der Waals surface area (Å²) >= 11 is 0. The third-order valence-corrected chi connectivity index (χ3v) is 10.1. The van der Waals surface area contributed by atoms with Gasteiger partial charge < -0.3 is 9.80 Å². The number of sulfonamides is 2. The van der Waals surface area contributed by atoms with Crippen LogP contribution < -0.4 is 4.90 Å². The molecule has 4 rings (SSSR count). The first-order valence-electron chi connectivity index (χ1n) is 11.4. The highest BCUT2D eigenvalue weighted by molar-refractivity contribution is 7.89. The van der Waals surface area contributed by atoms with Crippen LogP contribution in [0.1, 0.15) is 23.2 Å². The normalized spacial score (nSPS) is 17.8. The summed E-state index contributed by atoms with van der Waals surface area (Å²) in [5.74, 6) is -0.979. The van der Waals surface area contributed by atoms with E-state index < -0.39 is 25.9 Å². The maximum absolute atomic E-state index is 13.6. The molecule has 1 amide bonds. The first-order chi connectivity index (χ1) is 16.5. The standard InChI is InChI=1S/C23H29FN4O5S2/c1-25(2)34(30,31)20-8-9-22(26-10-3-4-11-26)21(17-20)23(29)27-12-14-28(15-13-27)35(32,33)19-7-5-6-18(24)16-19/h5-9,16-17H,3-4,10-15H2,1-2H3. The van der Waals surface area contributed by atoms with E-state index in [1.54, 1.807) is 11.0 Å². The minimum Gasteiger partial charge on any atom is -0.371 e. The van der Waals surface area contributed by atoms with E-state index in [9.17, 15) is 26.0 Å². The molecule has 2 aromatic rings. The zero-order valence-corrected chi connectivity index (χ0v) is 21.4. The first kappa shape index (κ1) is 25.5. The molecule has 0 aromatic heterocycles. The van der Waals surface area contributed by atoms with Crippen LogP contribution >= 0.6 is 0 Å². The molecule has 9 nitrogen and oxygen atoms in total. The van der Waals surface area contributed by atoms with Crippen molar-refractivity contribution >= 4 is 31.6 Å². The van der Waals surface area contributed by atoms with Gasteiger partial charge in [-0.2, -0.15) is 4.31 Å². The smallest absolute Gasteiger partial charge is 0.256 e. The van der Waals surface area contributed by atoms with Gasteiger partial charge in [0.1, 0.15) is 5.82 Å². The highest BCUT2D eigenvalue weighted by atomic mass is 32.2. The van der Waals surface area contributed by atoms with Crippen LogP contribution in [0.4, 0.5) is 10.1 Å². The maximum Gasteiger partial charge on any atom is 0.256 e. The van der Waals surface area contributed by atoms with Crippen molar-refractivity contribution in [2.45, 2.75) is 22.6 Å². The van der Waals surface area contributed by atoms with Crippen LogP contribution in [0.5, 0.6) is 0 Å². The van der Waals surface area contributed by atoms with Crippen molar-refractivity contribution in [3.05, 3.63) is 53.8 Å². The van der Waals surface area contributed by atoms with Crippen molar-refractivity contribution in [2.24, 2.45) is 0 Å². The Morgan fingerprint density at radius 3 is 2.11 bits per heavy atom. The molecular formula is C23H29FN4O5S2. The number of nitrogens with zero attached hydrogens (tertiary/aromatic N) is 4. The van der Waals surface area contributed by atoms with E-state index in [2.05, 4.69) is 4.90 Å². The Hall–Kier alpha value is -2.54.